The van der Waals surface area contributed by atoms with Gasteiger partial charge in [-0.15, -0.1) is 0 Å². The summed E-state index contributed by atoms with van der Waals surface area (Å²) in [6.07, 6.45) is 0.193. The maximum Gasteiger partial charge on any atom is 0.232 e. The van der Waals surface area contributed by atoms with E-state index in [1.54, 1.807) is 30.3 Å². The molecule has 1 aromatic heterocycles. The zero-order valence-corrected chi connectivity index (χ0v) is 13.8. The minimum atomic E-state index is -0.432. The van der Waals surface area contributed by atoms with Crippen LogP contribution in [0.2, 0.25) is 5.02 Å². The number of carbonyl (C=O) groups is 1. The lowest BCUT2D eigenvalue weighted by molar-refractivity contribution is -0.117. The van der Waals surface area contributed by atoms with Crippen molar-refractivity contribution >= 4 is 23.2 Å². The molecule has 4 rings (SSSR count). The molecule has 3 aromatic rings. The number of rotatable bonds is 3. The molecule has 0 bridgehead atoms. The average molecular weight is 358 g/mol. The molecule has 1 unspecified atom stereocenters. The molecule has 0 saturated carbocycles. The predicted octanol–water partition coefficient (Wildman–Crippen LogP) is 4.05. The number of benzene rings is 2. The highest BCUT2D eigenvalue weighted by Gasteiger charge is 2.36. The standard InChI is InChI=1S/C18H13ClFN3O2/c19-13-6-2-1-5-12(13)17-21-18(25-22-17)11-9-16(24)23(10-11)15-8-4-3-7-14(15)20/h1-8,11H,9-10H2. The van der Waals surface area contributed by atoms with Crippen LogP contribution in [0.3, 0.4) is 0 Å². The minimum absolute atomic E-state index is 0.174. The quantitative estimate of drug-likeness (QED) is 0.709. The first-order valence-corrected chi connectivity index (χ1v) is 8.14. The Kier molecular flexibility index (Phi) is 3.97. The van der Waals surface area contributed by atoms with E-state index in [1.807, 2.05) is 12.1 Å². The van der Waals surface area contributed by atoms with Crippen molar-refractivity contribution in [2.45, 2.75) is 12.3 Å². The number of carbonyl (C=O) groups excluding carboxylic acids is 1. The number of anilines is 1. The second kappa shape index (κ2) is 6.29. The fraction of sp³-hybridized carbons (Fsp3) is 0.167. The Bertz CT molecular complexity index is 943. The van der Waals surface area contributed by atoms with Crippen LogP contribution in [-0.4, -0.2) is 22.6 Å². The Balaban J connectivity index is 1.59. The van der Waals surface area contributed by atoms with Crippen LogP contribution < -0.4 is 4.90 Å². The molecule has 126 valence electrons. The van der Waals surface area contributed by atoms with E-state index in [-0.39, 0.29) is 23.9 Å². The molecule has 1 aliphatic rings. The fourth-order valence-corrected chi connectivity index (χ4v) is 3.15. The van der Waals surface area contributed by atoms with E-state index in [0.717, 1.165) is 0 Å². The zero-order valence-electron chi connectivity index (χ0n) is 13.0. The van der Waals surface area contributed by atoms with E-state index in [4.69, 9.17) is 16.1 Å². The van der Waals surface area contributed by atoms with Crippen molar-refractivity contribution in [2.24, 2.45) is 0 Å². The van der Waals surface area contributed by atoms with Crippen molar-refractivity contribution in [1.29, 1.82) is 0 Å². The Morgan fingerprint density at radius 2 is 1.92 bits per heavy atom. The van der Waals surface area contributed by atoms with Crippen LogP contribution in [0.1, 0.15) is 18.2 Å². The van der Waals surface area contributed by atoms with Gasteiger partial charge in [0, 0.05) is 18.5 Å². The smallest absolute Gasteiger partial charge is 0.232 e. The summed E-state index contributed by atoms with van der Waals surface area (Å²) in [4.78, 5) is 18.1. The molecule has 7 heteroatoms. The topological polar surface area (TPSA) is 59.2 Å². The second-order valence-electron chi connectivity index (χ2n) is 5.79. The van der Waals surface area contributed by atoms with Gasteiger partial charge in [-0.1, -0.05) is 41.0 Å². The summed E-state index contributed by atoms with van der Waals surface area (Å²) in [7, 11) is 0. The van der Waals surface area contributed by atoms with Crippen molar-refractivity contribution in [2.75, 3.05) is 11.4 Å². The summed E-state index contributed by atoms with van der Waals surface area (Å²) in [5, 5.41) is 4.48. The third kappa shape index (κ3) is 2.89. The Morgan fingerprint density at radius 3 is 2.72 bits per heavy atom. The molecular formula is C18H13ClFN3O2. The van der Waals surface area contributed by atoms with Gasteiger partial charge in [-0.25, -0.2) is 4.39 Å². The van der Waals surface area contributed by atoms with Crippen molar-refractivity contribution < 1.29 is 13.7 Å². The van der Waals surface area contributed by atoms with Crippen molar-refractivity contribution in [3.8, 4) is 11.4 Å². The van der Waals surface area contributed by atoms with Gasteiger partial charge in [0.05, 0.1) is 16.6 Å². The summed E-state index contributed by atoms with van der Waals surface area (Å²) >= 11 is 6.15. The van der Waals surface area contributed by atoms with Gasteiger partial charge >= 0.3 is 0 Å². The van der Waals surface area contributed by atoms with E-state index in [2.05, 4.69) is 10.1 Å². The number of para-hydroxylation sites is 1. The lowest BCUT2D eigenvalue weighted by Crippen LogP contribution is -2.25. The van der Waals surface area contributed by atoms with Crippen LogP contribution in [0, 0.1) is 5.82 Å². The van der Waals surface area contributed by atoms with Crippen LogP contribution in [-0.2, 0) is 4.79 Å². The molecule has 0 radical (unpaired) electrons. The van der Waals surface area contributed by atoms with Gasteiger partial charge in [-0.05, 0) is 24.3 Å². The van der Waals surface area contributed by atoms with E-state index >= 15 is 0 Å². The molecule has 25 heavy (non-hydrogen) atoms. The Morgan fingerprint density at radius 1 is 1.16 bits per heavy atom. The summed E-state index contributed by atoms with van der Waals surface area (Å²) in [5.74, 6) is -0.165. The third-order valence-corrected chi connectivity index (χ3v) is 4.50. The molecule has 1 atom stereocenters. The molecule has 1 amide bonds. The van der Waals surface area contributed by atoms with Crippen molar-refractivity contribution in [3.63, 3.8) is 0 Å². The molecule has 1 aliphatic heterocycles. The largest absolute Gasteiger partial charge is 0.339 e. The lowest BCUT2D eigenvalue weighted by atomic mass is 10.1. The summed E-state index contributed by atoms with van der Waals surface area (Å²) in [6.45, 7) is 0.296. The highest BCUT2D eigenvalue weighted by molar-refractivity contribution is 6.33. The van der Waals surface area contributed by atoms with Gasteiger partial charge in [-0.2, -0.15) is 4.98 Å². The van der Waals surface area contributed by atoms with Gasteiger partial charge in [0.1, 0.15) is 5.82 Å². The van der Waals surface area contributed by atoms with Crippen molar-refractivity contribution in [3.05, 3.63) is 65.3 Å². The van der Waals surface area contributed by atoms with Crippen LogP contribution in [0.4, 0.5) is 10.1 Å². The first kappa shape index (κ1) is 15.8. The summed E-state index contributed by atoms with van der Waals surface area (Å²) in [5.41, 5.74) is 0.926. The summed E-state index contributed by atoms with van der Waals surface area (Å²) < 4.78 is 19.3. The van der Waals surface area contributed by atoms with E-state index < -0.39 is 5.82 Å². The van der Waals surface area contributed by atoms with Crippen molar-refractivity contribution in [1.82, 2.24) is 10.1 Å². The van der Waals surface area contributed by atoms with Crippen LogP contribution in [0.15, 0.2) is 53.1 Å². The van der Waals surface area contributed by atoms with Gasteiger partial charge in [0.15, 0.2) is 0 Å². The number of hydrogen-bond acceptors (Lipinski definition) is 4. The number of aromatic nitrogens is 2. The number of amides is 1. The first-order valence-electron chi connectivity index (χ1n) is 7.77. The third-order valence-electron chi connectivity index (χ3n) is 4.17. The predicted molar refractivity (Wildman–Crippen MR) is 90.9 cm³/mol. The highest BCUT2D eigenvalue weighted by atomic mass is 35.5. The minimum Gasteiger partial charge on any atom is -0.339 e. The lowest BCUT2D eigenvalue weighted by Gasteiger charge is -2.16. The Labute approximate surface area is 148 Å². The van der Waals surface area contributed by atoms with Crippen LogP contribution >= 0.6 is 11.6 Å². The fourth-order valence-electron chi connectivity index (χ4n) is 2.93. The number of halogens is 2. The number of hydrogen-bond donors (Lipinski definition) is 0. The second-order valence-corrected chi connectivity index (χ2v) is 6.20. The maximum atomic E-state index is 14.0. The molecule has 5 nitrogen and oxygen atoms in total. The van der Waals surface area contributed by atoms with Crippen LogP contribution in [0.5, 0.6) is 0 Å². The number of nitrogens with zero attached hydrogens (tertiary/aromatic N) is 3. The molecule has 0 aliphatic carbocycles. The molecule has 2 heterocycles. The molecule has 0 spiro atoms. The van der Waals surface area contributed by atoms with Gasteiger partial charge < -0.3 is 9.42 Å². The maximum absolute atomic E-state index is 14.0. The molecule has 1 saturated heterocycles. The monoisotopic (exact) mass is 357 g/mol. The van der Waals surface area contributed by atoms with Gasteiger partial charge in [0.25, 0.3) is 0 Å². The SMILES string of the molecule is O=C1CC(c2nc(-c3ccccc3Cl)no2)CN1c1ccccc1F. The molecular weight excluding hydrogens is 345 g/mol. The zero-order chi connectivity index (χ0) is 17.4. The van der Waals surface area contributed by atoms with Gasteiger partial charge in [-0.3, -0.25) is 4.79 Å². The normalized spacial score (nSPS) is 17.3. The molecule has 1 fully saturated rings. The average Bonchev–Trinajstić information content (AvgIpc) is 3.23. The van der Waals surface area contributed by atoms with Crippen LogP contribution in [0.25, 0.3) is 11.4 Å². The Hall–Kier alpha value is -2.73. The highest BCUT2D eigenvalue weighted by Crippen LogP contribution is 2.33. The molecule has 0 N–H and O–H groups in total. The molecule has 2 aromatic carbocycles. The van der Waals surface area contributed by atoms with E-state index in [1.165, 1.54) is 11.0 Å². The van der Waals surface area contributed by atoms with E-state index in [0.29, 0.717) is 28.8 Å². The van der Waals surface area contributed by atoms with Gasteiger partial charge in [0.2, 0.25) is 17.6 Å². The van der Waals surface area contributed by atoms with E-state index in [9.17, 15) is 9.18 Å². The summed E-state index contributed by atoms with van der Waals surface area (Å²) in [6, 6.07) is 13.4. The first-order chi connectivity index (χ1) is 12.1.